The van der Waals surface area contributed by atoms with Crippen molar-refractivity contribution < 1.29 is 0 Å². The molecular formula is C10H14N4O. The van der Waals surface area contributed by atoms with Gasteiger partial charge in [-0.25, -0.2) is 5.10 Å². The Bertz CT molecular complexity index is 459. The van der Waals surface area contributed by atoms with Crippen molar-refractivity contribution in [2.45, 2.75) is 19.8 Å². The molecule has 0 amide bonds. The topological polar surface area (TPSA) is 81.6 Å². The fourth-order valence-corrected chi connectivity index (χ4v) is 1.68. The van der Waals surface area contributed by atoms with Crippen LogP contribution in [0.4, 0.5) is 5.69 Å². The SMILES string of the molecule is CNc1c(C)n[nH]c(=O)c1C(=N)C1CC1. The fraction of sp³-hybridized carbons (Fsp3) is 0.500. The third-order valence-electron chi connectivity index (χ3n) is 2.67. The summed E-state index contributed by atoms with van der Waals surface area (Å²) in [5.74, 6) is 0.264. The number of nitrogens with one attached hydrogen (secondary N) is 3. The number of nitrogens with zero attached hydrogens (tertiary/aromatic N) is 1. The quantitative estimate of drug-likeness (QED) is 0.642. The second-order valence-corrected chi connectivity index (χ2v) is 3.83. The third-order valence-corrected chi connectivity index (χ3v) is 2.67. The van der Waals surface area contributed by atoms with Crippen molar-refractivity contribution in [2.24, 2.45) is 5.92 Å². The standard InChI is InChI=1S/C10H14N4O/c1-5-9(12-2)7(10(15)14-13-5)8(11)6-3-4-6/h6,11H,3-4H2,1-2H3,(H2,12,14,15). The van der Waals surface area contributed by atoms with Gasteiger partial charge in [0.05, 0.1) is 16.9 Å². The first-order valence-corrected chi connectivity index (χ1v) is 5.01. The van der Waals surface area contributed by atoms with Crippen LogP contribution in [0.15, 0.2) is 4.79 Å². The van der Waals surface area contributed by atoms with E-state index in [2.05, 4.69) is 15.5 Å². The van der Waals surface area contributed by atoms with Gasteiger partial charge >= 0.3 is 0 Å². The predicted molar refractivity (Wildman–Crippen MR) is 58.7 cm³/mol. The van der Waals surface area contributed by atoms with E-state index >= 15 is 0 Å². The van der Waals surface area contributed by atoms with Gasteiger partial charge in [0.2, 0.25) is 0 Å². The molecule has 1 aromatic rings. The Morgan fingerprint density at radius 2 is 2.27 bits per heavy atom. The molecule has 0 aliphatic heterocycles. The Labute approximate surface area is 87.4 Å². The molecule has 1 aromatic heterocycles. The molecule has 5 nitrogen and oxygen atoms in total. The van der Waals surface area contributed by atoms with Gasteiger partial charge in [-0.1, -0.05) is 0 Å². The lowest BCUT2D eigenvalue weighted by atomic mass is 10.1. The van der Waals surface area contributed by atoms with Gasteiger partial charge in [-0.15, -0.1) is 0 Å². The summed E-state index contributed by atoms with van der Waals surface area (Å²) in [6.07, 6.45) is 2.03. The monoisotopic (exact) mass is 206 g/mol. The Balaban J connectivity index is 2.56. The number of hydrogen-bond donors (Lipinski definition) is 3. The Morgan fingerprint density at radius 3 is 2.80 bits per heavy atom. The van der Waals surface area contributed by atoms with E-state index in [1.807, 2.05) is 6.92 Å². The minimum absolute atomic E-state index is 0.264. The zero-order chi connectivity index (χ0) is 11.0. The van der Waals surface area contributed by atoms with Crippen LogP contribution in [0.3, 0.4) is 0 Å². The Hall–Kier alpha value is -1.65. The molecule has 0 spiro atoms. The summed E-state index contributed by atoms with van der Waals surface area (Å²) in [5, 5.41) is 17.2. The van der Waals surface area contributed by atoms with Crippen LogP contribution >= 0.6 is 0 Å². The lowest BCUT2D eigenvalue weighted by molar-refractivity contribution is 0.937. The van der Waals surface area contributed by atoms with Crippen molar-refractivity contribution in [3.8, 4) is 0 Å². The molecule has 1 aliphatic rings. The molecule has 0 unspecified atom stereocenters. The Morgan fingerprint density at radius 1 is 1.60 bits per heavy atom. The van der Waals surface area contributed by atoms with E-state index in [0.29, 0.717) is 17.0 Å². The van der Waals surface area contributed by atoms with E-state index in [1.54, 1.807) is 7.05 Å². The van der Waals surface area contributed by atoms with Crippen LogP contribution in [0, 0.1) is 18.3 Å². The van der Waals surface area contributed by atoms with Gasteiger partial charge < -0.3 is 10.7 Å². The maximum Gasteiger partial charge on any atom is 0.275 e. The van der Waals surface area contributed by atoms with Gasteiger partial charge in [-0.05, 0) is 19.8 Å². The fourth-order valence-electron chi connectivity index (χ4n) is 1.68. The molecule has 5 heteroatoms. The molecule has 1 fully saturated rings. The summed E-state index contributed by atoms with van der Waals surface area (Å²) in [6, 6.07) is 0. The minimum atomic E-state index is -0.276. The van der Waals surface area contributed by atoms with Crippen LogP contribution in [0.5, 0.6) is 0 Å². The summed E-state index contributed by atoms with van der Waals surface area (Å²) in [6.45, 7) is 1.81. The first-order valence-electron chi connectivity index (χ1n) is 5.01. The van der Waals surface area contributed by atoms with Gasteiger partial charge in [0, 0.05) is 18.7 Å². The van der Waals surface area contributed by atoms with Gasteiger partial charge in [0.1, 0.15) is 0 Å². The summed E-state index contributed by atoms with van der Waals surface area (Å²) in [5.41, 5.74) is 2.01. The van der Waals surface area contributed by atoms with E-state index in [4.69, 9.17) is 5.41 Å². The van der Waals surface area contributed by atoms with E-state index in [9.17, 15) is 4.79 Å². The lowest BCUT2D eigenvalue weighted by Gasteiger charge is -2.10. The summed E-state index contributed by atoms with van der Waals surface area (Å²) < 4.78 is 0. The second-order valence-electron chi connectivity index (χ2n) is 3.83. The summed E-state index contributed by atoms with van der Waals surface area (Å²) >= 11 is 0. The number of anilines is 1. The Kier molecular flexibility index (Phi) is 2.30. The first-order chi connectivity index (χ1) is 7.15. The van der Waals surface area contributed by atoms with Crippen LogP contribution in [-0.4, -0.2) is 23.0 Å². The van der Waals surface area contributed by atoms with Crippen molar-refractivity contribution in [1.82, 2.24) is 10.2 Å². The van der Waals surface area contributed by atoms with Gasteiger partial charge in [-0.2, -0.15) is 5.10 Å². The summed E-state index contributed by atoms with van der Waals surface area (Å²) in [4.78, 5) is 11.6. The first kappa shape index (κ1) is 9.89. The number of aromatic amines is 1. The predicted octanol–water partition coefficient (Wildman–Crippen LogP) is 0.898. The molecule has 0 saturated heterocycles. The number of rotatable bonds is 3. The highest BCUT2D eigenvalue weighted by molar-refractivity contribution is 6.05. The van der Waals surface area contributed by atoms with Crippen LogP contribution < -0.4 is 10.9 Å². The normalized spacial score (nSPS) is 15.1. The van der Waals surface area contributed by atoms with E-state index in [-0.39, 0.29) is 11.5 Å². The maximum absolute atomic E-state index is 11.6. The molecule has 80 valence electrons. The highest BCUT2D eigenvalue weighted by atomic mass is 16.1. The molecule has 3 N–H and O–H groups in total. The highest BCUT2D eigenvalue weighted by Crippen LogP contribution is 2.33. The van der Waals surface area contributed by atoms with E-state index < -0.39 is 0 Å². The third kappa shape index (κ3) is 1.65. The van der Waals surface area contributed by atoms with Gasteiger partial charge in [0.25, 0.3) is 5.56 Å². The van der Waals surface area contributed by atoms with E-state index in [0.717, 1.165) is 18.5 Å². The van der Waals surface area contributed by atoms with Crippen molar-refractivity contribution in [3.63, 3.8) is 0 Å². The molecule has 0 atom stereocenters. The van der Waals surface area contributed by atoms with Crippen LogP contribution in [0.1, 0.15) is 24.1 Å². The molecule has 0 bridgehead atoms. The number of aromatic nitrogens is 2. The van der Waals surface area contributed by atoms with Crippen molar-refractivity contribution >= 4 is 11.4 Å². The van der Waals surface area contributed by atoms with Crippen molar-refractivity contribution in [1.29, 1.82) is 5.41 Å². The zero-order valence-electron chi connectivity index (χ0n) is 8.85. The molecule has 1 aliphatic carbocycles. The number of H-pyrrole nitrogens is 1. The average molecular weight is 206 g/mol. The molecule has 2 rings (SSSR count). The minimum Gasteiger partial charge on any atom is -0.386 e. The largest absolute Gasteiger partial charge is 0.386 e. The van der Waals surface area contributed by atoms with E-state index in [1.165, 1.54) is 0 Å². The molecule has 1 heterocycles. The zero-order valence-corrected chi connectivity index (χ0v) is 8.85. The van der Waals surface area contributed by atoms with Crippen LogP contribution in [0.25, 0.3) is 0 Å². The molecule has 0 aromatic carbocycles. The smallest absolute Gasteiger partial charge is 0.275 e. The number of hydrogen-bond acceptors (Lipinski definition) is 4. The van der Waals surface area contributed by atoms with Gasteiger partial charge in [-0.3, -0.25) is 4.79 Å². The van der Waals surface area contributed by atoms with Gasteiger partial charge in [0.15, 0.2) is 0 Å². The summed E-state index contributed by atoms with van der Waals surface area (Å²) in [7, 11) is 1.74. The average Bonchev–Trinajstić information content (AvgIpc) is 3.03. The van der Waals surface area contributed by atoms with Crippen molar-refractivity contribution in [2.75, 3.05) is 12.4 Å². The van der Waals surface area contributed by atoms with Crippen LogP contribution in [0.2, 0.25) is 0 Å². The maximum atomic E-state index is 11.6. The molecular weight excluding hydrogens is 192 g/mol. The van der Waals surface area contributed by atoms with Crippen LogP contribution in [-0.2, 0) is 0 Å². The highest BCUT2D eigenvalue weighted by Gasteiger charge is 2.30. The molecule has 15 heavy (non-hydrogen) atoms. The molecule has 1 saturated carbocycles. The number of aryl methyl sites for hydroxylation is 1. The molecule has 0 radical (unpaired) electrons. The lowest BCUT2D eigenvalue weighted by Crippen LogP contribution is -2.23. The van der Waals surface area contributed by atoms with Crippen molar-refractivity contribution in [3.05, 3.63) is 21.6 Å². The second kappa shape index (κ2) is 3.49.